The molecule has 1 N–H and O–H groups in total. The number of benzene rings is 1. The van der Waals surface area contributed by atoms with Crippen LogP contribution in [0.25, 0.3) is 0 Å². The summed E-state index contributed by atoms with van der Waals surface area (Å²) in [6.07, 6.45) is 8.33. The van der Waals surface area contributed by atoms with E-state index in [0.717, 1.165) is 30.0 Å². The number of rotatable bonds is 2. The van der Waals surface area contributed by atoms with E-state index in [9.17, 15) is 0 Å². The summed E-state index contributed by atoms with van der Waals surface area (Å²) in [7, 11) is 0. The zero-order valence-corrected chi connectivity index (χ0v) is 15.6. The largest absolute Gasteiger partial charge is 0.369 e. The van der Waals surface area contributed by atoms with Crippen LogP contribution in [0.1, 0.15) is 38.5 Å². The Balaban J connectivity index is 1.75. The van der Waals surface area contributed by atoms with Crippen molar-refractivity contribution in [1.82, 2.24) is 5.32 Å². The van der Waals surface area contributed by atoms with Crippen LogP contribution in [0.4, 0.5) is 5.69 Å². The van der Waals surface area contributed by atoms with Gasteiger partial charge in [-0.2, -0.15) is 0 Å². The average Bonchev–Trinajstić information content (AvgIpc) is 2.74. The zero-order valence-electron chi connectivity index (χ0n) is 12.5. The van der Waals surface area contributed by atoms with Crippen molar-refractivity contribution in [1.29, 1.82) is 0 Å². The van der Waals surface area contributed by atoms with Crippen molar-refractivity contribution in [2.45, 2.75) is 44.6 Å². The minimum absolute atomic E-state index is 0.656. The van der Waals surface area contributed by atoms with E-state index in [2.05, 4.69) is 60.3 Å². The Morgan fingerprint density at radius 3 is 2.62 bits per heavy atom. The first-order valence-corrected chi connectivity index (χ1v) is 9.76. The molecule has 2 aliphatic rings. The van der Waals surface area contributed by atoms with Crippen LogP contribution in [0.2, 0.25) is 0 Å². The van der Waals surface area contributed by atoms with Crippen molar-refractivity contribution in [2.75, 3.05) is 24.5 Å². The summed E-state index contributed by atoms with van der Waals surface area (Å²) in [5, 5.41) is 3.82. The van der Waals surface area contributed by atoms with Crippen LogP contribution in [0.3, 0.4) is 0 Å². The molecule has 0 aromatic heterocycles. The summed E-state index contributed by atoms with van der Waals surface area (Å²) in [6, 6.07) is 7.19. The maximum atomic E-state index is 3.82. The first-order chi connectivity index (χ1) is 10.2. The fourth-order valence-corrected chi connectivity index (χ4v) is 5.06. The molecule has 2 nitrogen and oxygen atoms in total. The standard InChI is InChI=1S/C17H24Br2N2/c18-14-7-8-17(15(19)11-14)21-10-4-9-20-16(12-21)13-5-2-1-3-6-13/h7-8,11,13,16,20H,1-6,9-10,12H2. The molecule has 0 amide bonds. The third-order valence-electron chi connectivity index (χ3n) is 4.90. The highest BCUT2D eigenvalue weighted by Crippen LogP contribution is 2.32. The second-order valence-corrected chi connectivity index (χ2v) is 8.12. The number of nitrogens with one attached hydrogen (secondary N) is 1. The third-order valence-corrected chi connectivity index (χ3v) is 6.03. The lowest BCUT2D eigenvalue weighted by Crippen LogP contribution is -2.43. The summed E-state index contributed by atoms with van der Waals surface area (Å²) in [4.78, 5) is 2.57. The highest BCUT2D eigenvalue weighted by Gasteiger charge is 2.27. The van der Waals surface area contributed by atoms with Gasteiger partial charge in [0.2, 0.25) is 0 Å². The maximum Gasteiger partial charge on any atom is 0.0511 e. The van der Waals surface area contributed by atoms with Gasteiger partial charge in [0.05, 0.1) is 5.69 Å². The van der Waals surface area contributed by atoms with Crippen LogP contribution < -0.4 is 10.2 Å². The third kappa shape index (κ3) is 4.02. The number of hydrogen-bond acceptors (Lipinski definition) is 2. The van der Waals surface area contributed by atoms with Gasteiger partial charge in [0.25, 0.3) is 0 Å². The number of hydrogen-bond donors (Lipinski definition) is 1. The van der Waals surface area contributed by atoms with Crippen molar-refractivity contribution in [3.05, 3.63) is 27.1 Å². The summed E-state index contributed by atoms with van der Waals surface area (Å²) >= 11 is 7.28. The summed E-state index contributed by atoms with van der Waals surface area (Å²) in [6.45, 7) is 3.45. The number of nitrogens with zero attached hydrogens (tertiary/aromatic N) is 1. The van der Waals surface area contributed by atoms with Gasteiger partial charge in [-0.3, -0.25) is 0 Å². The molecule has 1 aliphatic carbocycles. The molecule has 2 fully saturated rings. The van der Waals surface area contributed by atoms with E-state index in [0.29, 0.717) is 6.04 Å². The van der Waals surface area contributed by atoms with Crippen molar-refractivity contribution >= 4 is 37.5 Å². The Morgan fingerprint density at radius 2 is 1.86 bits per heavy atom. The molecule has 1 heterocycles. The highest BCUT2D eigenvalue weighted by molar-refractivity contribution is 9.11. The summed E-state index contributed by atoms with van der Waals surface area (Å²) in [5.74, 6) is 0.869. The first kappa shape index (κ1) is 15.8. The van der Waals surface area contributed by atoms with Crippen LogP contribution >= 0.6 is 31.9 Å². The van der Waals surface area contributed by atoms with E-state index in [4.69, 9.17) is 0 Å². The van der Waals surface area contributed by atoms with Gasteiger partial charge >= 0.3 is 0 Å². The van der Waals surface area contributed by atoms with Crippen molar-refractivity contribution in [3.63, 3.8) is 0 Å². The molecule has 1 saturated carbocycles. The average molecular weight is 416 g/mol. The Labute approximate surface area is 144 Å². The second kappa shape index (κ2) is 7.47. The lowest BCUT2D eigenvalue weighted by atomic mass is 9.83. The number of halogens is 2. The second-order valence-electron chi connectivity index (χ2n) is 6.35. The smallest absolute Gasteiger partial charge is 0.0511 e. The fraction of sp³-hybridized carbons (Fsp3) is 0.647. The predicted molar refractivity (Wildman–Crippen MR) is 97.0 cm³/mol. The molecule has 1 aromatic carbocycles. The predicted octanol–water partition coefficient (Wildman–Crippen LogP) is 4.96. The van der Waals surface area contributed by atoms with Gasteiger partial charge in [-0.05, 0) is 65.9 Å². The van der Waals surface area contributed by atoms with Gasteiger partial charge in [0, 0.05) is 28.1 Å². The molecule has 1 aromatic rings. The van der Waals surface area contributed by atoms with Gasteiger partial charge in [0.1, 0.15) is 0 Å². The molecular formula is C17H24Br2N2. The molecule has 1 atom stereocenters. The van der Waals surface area contributed by atoms with Gasteiger partial charge in [-0.15, -0.1) is 0 Å². The summed E-state index contributed by atoms with van der Waals surface area (Å²) < 4.78 is 2.33. The lowest BCUT2D eigenvalue weighted by molar-refractivity contribution is 0.277. The molecule has 0 bridgehead atoms. The Kier molecular flexibility index (Phi) is 5.63. The van der Waals surface area contributed by atoms with Gasteiger partial charge in [-0.1, -0.05) is 35.2 Å². The van der Waals surface area contributed by atoms with E-state index in [1.54, 1.807) is 0 Å². The van der Waals surface area contributed by atoms with E-state index >= 15 is 0 Å². The molecule has 3 rings (SSSR count). The van der Waals surface area contributed by atoms with Crippen LogP contribution in [-0.2, 0) is 0 Å². The molecule has 116 valence electrons. The SMILES string of the molecule is Brc1ccc(N2CCCNC(C3CCCCC3)C2)c(Br)c1. The highest BCUT2D eigenvalue weighted by atomic mass is 79.9. The van der Waals surface area contributed by atoms with Gasteiger partial charge in [-0.25, -0.2) is 0 Å². The quantitative estimate of drug-likeness (QED) is 0.734. The molecule has 21 heavy (non-hydrogen) atoms. The normalized spacial score (nSPS) is 24.9. The number of anilines is 1. The first-order valence-electron chi connectivity index (χ1n) is 8.17. The van der Waals surface area contributed by atoms with Crippen LogP contribution in [0.15, 0.2) is 27.1 Å². The van der Waals surface area contributed by atoms with Crippen LogP contribution in [0, 0.1) is 5.92 Å². The monoisotopic (exact) mass is 414 g/mol. The Hall–Kier alpha value is -0.0600. The molecule has 0 radical (unpaired) electrons. The Bertz CT molecular complexity index is 472. The van der Waals surface area contributed by atoms with Crippen molar-refractivity contribution < 1.29 is 0 Å². The van der Waals surface area contributed by atoms with Gasteiger partial charge < -0.3 is 10.2 Å². The molecule has 0 spiro atoms. The van der Waals surface area contributed by atoms with E-state index in [1.165, 1.54) is 48.7 Å². The fourth-order valence-electron chi connectivity index (χ4n) is 3.76. The van der Waals surface area contributed by atoms with Crippen LogP contribution in [0.5, 0.6) is 0 Å². The minimum atomic E-state index is 0.656. The van der Waals surface area contributed by atoms with Crippen molar-refractivity contribution in [2.24, 2.45) is 5.92 Å². The molecular weight excluding hydrogens is 392 g/mol. The lowest BCUT2D eigenvalue weighted by Gasteiger charge is -2.34. The van der Waals surface area contributed by atoms with E-state index in [1.807, 2.05) is 0 Å². The van der Waals surface area contributed by atoms with E-state index < -0.39 is 0 Å². The topological polar surface area (TPSA) is 15.3 Å². The molecule has 4 heteroatoms. The molecule has 1 saturated heterocycles. The van der Waals surface area contributed by atoms with Gasteiger partial charge in [0.15, 0.2) is 0 Å². The maximum absolute atomic E-state index is 3.82. The zero-order chi connectivity index (χ0) is 14.7. The minimum Gasteiger partial charge on any atom is -0.369 e. The Morgan fingerprint density at radius 1 is 1.05 bits per heavy atom. The van der Waals surface area contributed by atoms with E-state index in [-0.39, 0.29) is 0 Å². The summed E-state index contributed by atoms with van der Waals surface area (Å²) in [5.41, 5.74) is 1.34. The molecule has 1 unspecified atom stereocenters. The van der Waals surface area contributed by atoms with Crippen LogP contribution in [-0.4, -0.2) is 25.7 Å². The van der Waals surface area contributed by atoms with Crippen molar-refractivity contribution in [3.8, 4) is 0 Å². The molecule has 1 aliphatic heterocycles.